The monoisotopic (exact) mass is 344 g/mol. The first-order chi connectivity index (χ1) is 11.1. The lowest BCUT2D eigenvalue weighted by molar-refractivity contribution is -0.138. The highest BCUT2D eigenvalue weighted by Crippen LogP contribution is 2.31. The van der Waals surface area contributed by atoms with E-state index >= 15 is 0 Å². The Morgan fingerprint density at radius 2 is 1.96 bits per heavy atom. The fourth-order valence-electron chi connectivity index (χ4n) is 2.62. The predicted octanol–water partition coefficient (Wildman–Crippen LogP) is 3.80. The van der Waals surface area contributed by atoms with E-state index in [-0.39, 0.29) is 24.2 Å². The van der Waals surface area contributed by atoms with Gasteiger partial charge in [-0.1, -0.05) is 18.2 Å². The molecule has 0 bridgehead atoms. The summed E-state index contributed by atoms with van der Waals surface area (Å²) in [7, 11) is 0. The van der Waals surface area contributed by atoms with Gasteiger partial charge in [0.1, 0.15) is 5.60 Å². The number of nitrogens with one attached hydrogen (secondary N) is 1. The molecule has 0 aliphatic carbocycles. The quantitative estimate of drug-likeness (QED) is 0.907. The van der Waals surface area contributed by atoms with E-state index in [9.17, 15) is 18.0 Å². The average Bonchev–Trinajstić information content (AvgIpc) is 2.91. The molecule has 0 saturated carbocycles. The summed E-state index contributed by atoms with van der Waals surface area (Å²) in [6.45, 7) is 6.47. The Morgan fingerprint density at radius 3 is 2.58 bits per heavy atom. The summed E-state index contributed by atoms with van der Waals surface area (Å²) in [5.74, 6) is 0. The minimum atomic E-state index is -4.36. The lowest BCUT2D eigenvalue weighted by atomic mass is 10.1. The van der Waals surface area contributed by atoms with Gasteiger partial charge in [0.15, 0.2) is 0 Å². The maximum atomic E-state index is 13.0. The minimum Gasteiger partial charge on any atom is -0.444 e. The van der Waals surface area contributed by atoms with Gasteiger partial charge < -0.3 is 15.0 Å². The molecule has 1 saturated heterocycles. The fourth-order valence-corrected chi connectivity index (χ4v) is 2.62. The summed E-state index contributed by atoms with van der Waals surface area (Å²) in [6.07, 6.45) is -4.06. The largest absolute Gasteiger partial charge is 0.444 e. The van der Waals surface area contributed by atoms with Crippen LogP contribution in [0.2, 0.25) is 0 Å². The van der Waals surface area contributed by atoms with Crippen LogP contribution in [0.5, 0.6) is 0 Å². The van der Waals surface area contributed by atoms with E-state index in [1.807, 2.05) is 0 Å². The molecule has 0 aromatic heterocycles. The molecular formula is C17H23F3N2O2. The van der Waals surface area contributed by atoms with Crippen LogP contribution in [-0.4, -0.2) is 35.7 Å². The number of likely N-dealkylation sites (tertiary alicyclic amines) is 1. The fraction of sp³-hybridized carbons (Fsp3) is 0.588. The van der Waals surface area contributed by atoms with Crippen molar-refractivity contribution < 1.29 is 22.7 Å². The standard InChI is InChI=1S/C17H23F3N2O2/c1-16(2,3)24-15(23)22-9-8-13(11-22)21-10-12-6-4-5-7-14(12)17(18,19)20/h4-7,13,21H,8-11H2,1-3H3. The molecule has 1 amide bonds. The highest BCUT2D eigenvalue weighted by Gasteiger charge is 2.33. The second-order valence-corrected chi connectivity index (χ2v) is 6.95. The number of ether oxygens (including phenoxy) is 1. The third-order valence-electron chi connectivity index (χ3n) is 3.74. The van der Waals surface area contributed by atoms with Crippen molar-refractivity contribution in [3.05, 3.63) is 35.4 Å². The smallest absolute Gasteiger partial charge is 0.416 e. The Labute approximate surface area is 140 Å². The zero-order valence-electron chi connectivity index (χ0n) is 14.1. The van der Waals surface area contributed by atoms with Crippen molar-refractivity contribution in [2.75, 3.05) is 13.1 Å². The maximum Gasteiger partial charge on any atom is 0.416 e. The number of hydrogen-bond acceptors (Lipinski definition) is 3. The number of alkyl halides is 3. The molecule has 1 N–H and O–H groups in total. The van der Waals surface area contributed by atoms with Crippen molar-refractivity contribution in [3.63, 3.8) is 0 Å². The lowest BCUT2D eigenvalue weighted by Gasteiger charge is -2.24. The molecule has 1 fully saturated rings. The van der Waals surface area contributed by atoms with Gasteiger partial charge in [0.25, 0.3) is 0 Å². The predicted molar refractivity (Wildman–Crippen MR) is 84.5 cm³/mol. The van der Waals surface area contributed by atoms with Crippen molar-refractivity contribution in [1.82, 2.24) is 10.2 Å². The van der Waals surface area contributed by atoms with Gasteiger partial charge in [-0.25, -0.2) is 4.79 Å². The summed E-state index contributed by atoms with van der Waals surface area (Å²) < 4.78 is 44.2. The number of rotatable bonds is 3. The zero-order chi connectivity index (χ0) is 18.0. The Morgan fingerprint density at radius 1 is 1.29 bits per heavy atom. The van der Waals surface area contributed by atoms with Crippen molar-refractivity contribution in [2.45, 2.75) is 51.6 Å². The topological polar surface area (TPSA) is 41.6 Å². The van der Waals surface area contributed by atoms with Gasteiger partial charge in [-0.05, 0) is 38.8 Å². The maximum absolute atomic E-state index is 13.0. The van der Waals surface area contributed by atoms with Crippen LogP contribution in [0.4, 0.5) is 18.0 Å². The summed E-state index contributed by atoms with van der Waals surface area (Å²) in [4.78, 5) is 13.6. The summed E-state index contributed by atoms with van der Waals surface area (Å²) in [5, 5.41) is 3.11. The van der Waals surface area contributed by atoms with E-state index in [2.05, 4.69) is 5.32 Å². The van der Waals surface area contributed by atoms with Crippen molar-refractivity contribution >= 4 is 6.09 Å². The Bertz CT molecular complexity index is 582. The third kappa shape index (κ3) is 5.12. The molecule has 4 nitrogen and oxygen atoms in total. The molecule has 7 heteroatoms. The first-order valence-corrected chi connectivity index (χ1v) is 7.93. The van der Waals surface area contributed by atoms with Gasteiger partial charge in [-0.2, -0.15) is 13.2 Å². The van der Waals surface area contributed by atoms with E-state index in [0.29, 0.717) is 19.5 Å². The van der Waals surface area contributed by atoms with Crippen molar-refractivity contribution in [2.24, 2.45) is 0 Å². The van der Waals surface area contributed by atoms with Crippen LogP contribution in [0, 0.1) is 0 Å². The van der Waals surface area contributed by atoms with Gasteiger partial charge in [-0.15, -0.1) is 0 Å². The summed E-state index contributed by atoms with van der Waals surface area (Å²) in [5.41, 5.74) is -0.978. The first kappa shape index (κ1) is 18.6. The third-order valence-corrected chi connectivity index (χ3v) is 3.74. The van der Waals surface area contributed by atoms with Gasteiger partial charge in [0.2, 0.25) is 0 Å². The Hall–Kier alpha value is -1.76. The molecule has 1 aliphatic heterocycles. The molecule has 1 aromatic carbocycles. The lowest BCUT2D eigenvalue weighted by Crippen LogP contribution is -2.38. The minimum absolute atomic E-state index is 0.0428. The number of carbonyl (C=O) groups excluding carboxylic acids is 1. The number of halogens is 3. The number of hydrogen-bond donors (Lipinski definition) is 1. The molecule has 1 aromatic rings. The number of amides is 1. The molecule has 134 valence electrons. The molecule has 2 rings (SSSR count). The summed E-state index contributed by atoms with van der Waals surface area (Å²) >= 11 is 0. The van der Waals surface area contributed by atoms with Crippen LogP contribution in [0.15, 0.2) is 24.3 Å². The molecule has 1 heterocycles. The number of carbonyl (C=O) groups is 1. The van der Waals surface area contributed by atoms with E-state index < -0.39 is 17.3 Å². The average molecular weight is 344 g/mol. The van der Waals surface area contributed by atoms with E-state index in [0.717, 1.165) is 6.07 Å². The second-order valence-electron chi connectivity index (χ2n) is 6.95. The molecule has 1 atom stereocenters. The normalized spacial score (nSPS) is 18.8. The molecule has 0 radical (unpaired) electrons. The molecule has 1 aliphatic rings. The van der Waals surface area contributed by atoms with E-state index in [1.54, 1.807) is 31.7 Å². The van der Waals surface area contributed by atoms with E-state index in [1.165, 1.54) is 12.1 Å². The highest BCUT2D eigenvalue weighted by molar-refractivity contribution is 5.68. The Kier molecular flexibility index (Phi) is 5.42. The van der Waals surface area contributed by atoms with Crippen molar-refractivity contribution in [3.8, 4) is 0 Å². The van der Waals surface area contributed by atoms with Gasteiger partial charge >= 0.3 is 12.3 Å². The summed E-state index contributed by atoms with van der Waals surface area (Å²) in [6, 6.07) is 5.48. The molecule has 1 unspecified atom stereocenters. The van der Waals surface area contributed by atoms with Gasteiger partial charge in [-0.3, -0.25) is 0 Å². The van der Waals surface area contributed by atoms with Crippen LogP contribution in [0.3, 0.4) is 0 Å². The van der Waals surface area contributed by atoms with Crippen LogP contribution in [-0.2, 0) is 17.5 Å². The molecule has 24 heavy (non-hydrogen) atoms. The number of nitrogens with zero attached hydrogens (tertiary/aromatic N) is 1. The molecule has 0 spiro atoms. The van der Waals surface area contributed by atoms with Crippen LogP contribution < -0.4 is 5.32 Å². The SMILES string of the molecule is CC(C)(C)OC(=O)N1CCC(NCc2ccccc2C(F)(F)F)C1. The number of benzene rings is 1. The van der Waals surface area contributed by atoms with Gasteiger partial charge in [0.05, 0.1) is 5.56 Å². The Balaban J connectivity index is 1.90. The van der Waals surface area contributed by atoms with E-state index in [4.69, 9.17) is 4.74 Å². The second kappa shape index (κ2) is 7.01. The zero-order valence-corrected chi connectivity index (χ0v) is 14.1. The van der Waals surface area contributed by atoms with Crippen LogP contribution >= 0.6 is 0 Å². The molecular weight excluding hydrogens is 321 g/mol. The first-order valence-electron chi connectivity index (χ1n) is 7.93. The van der Waals surface area contributed by atoms with Crippen LogP contribution in [0.1, 0.15) is 38.3 Å². The van der Waals surface area contributed by atoms with Gasteiger partial charge in [0, 0.05) is 25.7 Å². The highest BCUT2D eigenvalue weighted by atomic mass is 19.4. The van der Waals surface area contributed by atoms with Crippen molar-refractivity contribution in [1.29, 1.82) is 0 Å². The van der Waals surface area contributed by atoms with Crippen LogP contribution in [0.25, 0.3) is 0 Å².